The van der Waals surface area contributed by atoms with Gasteiger partial charge in [-0.05, 0) is 31.4 Å². The molecule has 0 amide bonds. The van der Waals surface area contributed by atoms with Gasteiger partial charge in [-0.2, -0.15) is 0 Å². The third kappa shape index (κ3) is 2.72. The smallest absolute Gasteiger partial charge is 0.104 e. The van der Waals surface area contributed by atoms with Crippen LogP contribution in [0.5, 0.6) is 0 Å². The Bertz CT molecular complexity index is 347. The molecule has 96 valence electrons. The van der Waals surface area contributed by atoms with E-state index in [1.165, 1.54) is 9.75 Å². The van der Waals surface area contributed by atoms with Crippen molar-refractivity contribution in [2.45, 2.75) is 51.7 Å². The molecule has 1 atom stereocenters. The van der Waals surface area contributed by atoms with Gasteiger partial charge in [0.2, 0.25) is 0 Å². The van der Waals surface area contributed by atoms with Gasteiger partial charge in [-0.15, -0.1) is 11.3 Å². The van der Waals surface area contributed by atoms with Gasteiger partial charge in [0.25, 0.3) is 0 Å². The van der Waals surface area contributed by atoms with Gasteiger partial charge in [0.15, 0.2) is 0 Å². The minimum Gasteiger partial charge on any atom is -0.369 e. The number of rotatable bonds is 4. The van der Waals surface area contributed by atoms with Crippen molar-refractivity contribution in [3.05, 3.63) is 21.9 Å². The van der Waals surface area contributed by atoms with Gasteiger partial charge in [0.05, 0.1) is 6.61 Å². The van der Waals surface area contributed by atoms with Crippen LogP contribution in [-0.4, -0.2) is 18.7 Å². The highest BCUT2D eigenvalue weighted by Gasteiger charge is 2.33. The lowest BCUT2D eigenvalue weighted by atomic mass is 9.92. The minimum atomic E-state index is 0.210. The molecule has 17 heavy (non-hydrogen) atoms. The fraction of sp³-hybridized carbons (Fsp3) is 0.714. The average molecular weight is 253 g/mol. The Morgan fingerprint density at radius 3 is 2.59 bits per heavy atom. The number of morpholine rings is 1. The maximum Gasteiger partial charge on any atom is 0.104 e. The molecule has 0 aromatic carbocycles. The molecular weight excluding hydrogens is 230 g/mol. The Morgan fingerprint density at radius 2 is 2.12 bits per heavy atom. The fourth-order valence-electron chi connectivity index (χ4n) is 2.32. The zero-order chi connectivity index (χ0) is 12.3. The first-order chi connectivity index (χ1) is 8.23. The first kappa shape index (κ1) is 13.1. The second kappa shape index (κ2) is 5.51. The second-order valence-corrected chi connectivity index (χ2v) is 6.03. The van der Waals surface area contributed by atoms with E-state index in [0.29, 0.717) is 0 Å². The molecular formula is C14H23NOS. The highest BCUT2D eigenvalue weighted by atomic mass is 32.1. The van der Waals surface area contributed by atoms with Gasteiger partial charge in [-0.25, -0.2) is 0 Å². The lowest BCUT2D eigenvalue weighted by Crippen LogP contribution is -2.54. The van der Waals surface area contributed by atoms with E-state index in [0.717, 1.165) is 32.4 Å². The van der Waals surface area contributed by atoms with Crippen molar-refractivity contribution in [1.82, 2.24) is 5.32 Å². The van der Waals surface area contributed by atoms with Crippen molar-refractivity contribution < 1.29 is 4.74 Å². The number of hydrogen-bond acceptors (Lipinski definition) is 3. The normalized spacial score (nSPS) is 23.8. The molecule has 2 heterocycles. The highest BCUT2D eigenvalue weighted by molar-refractivity contribution is 7.12. The molecule has 3 heteroatoms. The zero-order valence-corrected chi connectivity index (χ0v) is 11.9. The number of ether oxygens (including phenoxy) is 1. The summed E-state index contributed by atoms with van der Waals surface area (Å²) in [4.78, 5) is 2.82. The van der Waals surface area contributed by atoms with E-state index in [1.807, 2.05) is 11.3 Å². The summed E-state index contributed by atoms with van der Waals surface area (Å²) in [5, 5.41) is 3.69. The quantitative estimate of drug-likeness (QED) is 0.886. The SMILES string of the molecule is CCc1ccc(C2CNC(CC)(CC)CO2)s1. The molecule has 0 bridgehead atoms. The van der Waals surface area contributed by atoms with Crippen molar-refractivity contribution in [1.29, 1.82) is 0 Å². The van der Waals surface area contributed by atoms with E-state index >= 15 is 0 Å². The summed E-state index contributed by atoms with van der Waals surface area (Å²) >= 11 is 1.89. The summed E-state index contributed by atoms with van der Waals surface area (Å²) in [5.41, 5.74) is 0.210. The Balaban J connectivity index is 1.99. The van der Waals surface area contributed by atoms with Gasteiger partial charge >= 0.3 is 0 Å². The van der Waals surface area contributed by atoms with E-state index in [1.54, 1.807) is 0 Å². The molecule has 0 aliphatic carbocycles. The van der Waals surface area contributed by atoms with E-state index in [4.69, 9.17) is 4.74 Å². The maximum absolute atomic E-state index is 6.07. The number of aryl methyl sites for hydroxylation is 1. The van der Waals surface area contributed by atoms with E-state index in [2.05, 4.69) is 38.2 Å². The number of thiophene rings is 1. The third-order valence-electron chi connectivity index (χ3n) is 3.93. The molecule has 1 aliphatic rings. The molecule has 1 saturated heterocycles. The number of nitrogens with one attached hydrogen (secondary N) is 1. The first-order valence-corrected chi connectivity index (χ1v) is 7.50. The molecule has 1 aromatic heterocycles. The number of hydrogen-bond donors (Lipinski definition) is 1. The summed E-state index contributed by atoms with van der Waals surface area (Å²) in [6, 6.07) is 4.45. The van der Waals surface area contributed by atoms with Crippen molar-refractivity contribution in [3.63, 3.8) is 0 Å². The Labute approximate surface area is 108 Å². The largest absolute Gasteiger partial charge is 0.369 e. The highest BCUT2D eigenvalue weighted by Crippen LogP contribution is 2.31. The van der Waals surface area contributed by atoms with Crippen LogP contribution < -0.4 is 5.32 Å². The Kier molecular flexibility index (Phi) is 4.23. The zero-order valence-electron chi connectivity index (χ0n) is 11.1. The molecule has 1 aliphatic heterocycles. The van der Waals surface area contributed by atoms with Gasteiger partial charge < -0.3 is 10.1 Å². The molecule has 0 spiro atoms. The van der Waals surface area contributed by atoms with Crippen molar-refractivity contribution in [2.75, 3.05) is 13.2 Å². The van der Waals surface area contributed by atoms with Crippen LogP contribution in [0, 0.1) is 0 Å². The van der Waals surface area contributed by atoms with Crippen LogP contribution in [-0.2, 0) is 11.2 Å². The first-order valence-electron chi connectivity index (χ1n) is 6.68. The Morgan fingerprint density at radius 1 is 1.35 bits per heavy atom. The van der Waals surface area contributed by atoms with Crippen LogP contribution in [0.1, 0.15) is 49.5 Å². The van der Waals surface area contributed by atoms with E-state index < -0.39 is 0 Å². The lowest BCUT2D eigenvalue weighted by Gasteiger charge is -2.40. The van der Waals surface area contributed by atoms with Crippen LogP contribution in [0.3, 0.4) is 0 Å². The van der Waals surface area contributed by atoms with E-state index in [-0.39, 0.29) is 11.6 Å². The molecule has 0 radical (unpaired) electrons. The molecule has 2 nitrogen and oxygen atoms in total. The van der Waals surface area contributed by atoms with Crippen LogP contribution in [0.15, 0.2) is 12.1 Å². The monoisotopic (exact) mass is 253 g/mol. The van der Waals surface area contributed by atoms with Crippen LogP contribution in [0.2, 0.25) is 0 Å². The molecule has 1 N–H and O–H groups in total. The Hall–Kier alpha value is -0.380. The van der Waals surface area contributed by atoms with Crippen molar-refractivity contribution in [3.8, 4) is 0 Å². The summed E-state index contributed by atoms with van der Waals surface area (Å²) in [7, 11) is 0. The van der Waals surface area contributed by atoms with Gasteiger partial charge in [0.1, 0.15) is 6.10 Å². The fourth-order valence-corrected chi connectivity index (χ4v) is 3.33. The summed E-state index contributed by atoms with van der Waals surface area (Å²) < 4.78 is 6.07. The predicted octanol–water partition coefficient (Wildman–Crippen LogP) is 3.53. The van der Waals surface area contributed by atoms with Crippen LogP contribution in [0.4, 0.5) is 0 Å². The summed E-state index contributed by atoms with van der Waals surface area (Å²) in [6.45, 7) is 8.46. The minimum absolute atomic E-state index is 0.210. The van der Waals surface area contributed by atoms with Gasteiger partial charge in [0, 0.05) is 21.8 Å². The van der Waals surface area contributed by atoms with Gasteiger partial charge in [-0.1, -0.05) is 20.8 Å². The van der Waals surface area contributed by atoms with Crippen molar-refractivity contribution in [2.24, 2.45) is 0 Å². The lowest BCUT2D eigenvalue weighted by molar-refractivity contribution is -0.0358. The summed E-state index contributed by atoms with van der Waals surface area (Å²) in [6.07, 6.45) is 3.66. The molecule has 2 rings (SSSR count). The molecule has 1 fully saturated rings. The molecule has 0 saturated carbocycles. The molecule has 1 unspecified atom stereocenters. The average Bonchev–Trinajstić information content (AvgIpc) is 2.87. The predicted molar refractivity (Wildman–Crippen MR) is 73.7 cm³/mol. The van der Waals surface area contributed by atoms with Crippen LogP contribution >= 0.6 is 11.3 Å². The van der Waals surface area contributed by atoms with Gasteiger partial charge in [-0.3, -0.25) is 0 Å². The molecule has 1 aromatic rings. The van der Waals surface area contributed by atoms with Crippen molar-refractivity contribution >= 4 is 11.3 Å². The maximum atomic E-state index is 6.07. The van der Waals surface area contributed by atoms with Crippen LogP contribution in [0.25, 0.3) is 0 Å². The standard InChI is InChI=1S/C14H23NOS/c1-4-11-7-8-13(17-11)12-9-15-14(5-2,6-3)10-16-12/h7-8,12,15H,4-6,9-10H2,1-3H3. The van der Waals surface area contributed by atoms with E-state index in [9.17, 15) is 0 Å². The topological polar surface area (TPSA) is 21.3 Å². The second-order valence-electron chi connectivity index (χ2n) is 4.83. The third-order valence-corrected chi connectivity index (χ3v) is 5.25. The summed E-state index contributed by atoms with van der Waals surface area (Å²) in [5.74, 6) is 0.